The smallest absolute Gasteiger partial charge is 0.153 e. The van der Waals surface area contributed by atoms with Crippen molar-refractivity contribution in [2.45, 2.75) is 6.92 Å². The third-order valence-electron chi connectivity index (χ3n) is 1.27. The van der Waals surface area contributed by atoms with Crippen molar-refractivity contribution in [2.75, 3.05) is 0 Å². The molecular weight excluding hydrogens is 130 g/mol. The molecule has 0 aliphatic carbocycles. The Balaban J connectivity index is 3.05. The first-order chi connectivity index (χ1) is 4.75. The summed E-state index contributed by atoms with van der Waals surface area (Å²) in [4.78, 5) is 0. The van der Waals surface area contributed by atoms with Crippen LogP contribution in [0.2, 0.25) is 0 Å². The molecule has 1 aromatic heterocycles. The van der Waals surface area contributed by atoms with Crippen LogP contribution in [0.25, 0.3) is 0 Å². The summed E-state index contributed by atoms with van der Waals surface area (Å²) >= 11 is 0. The second-order valence-electron chi connectivity index (χ2n) is 1.90. The zero-order valence-electron chi connectivity index (χ0n) is 5.66. The first-order valence-corrected chi connectivity index (χ1v) is 2.83. The Morgan fingerprint density at radius 3 is 2.80 bits per heavy atom. The molecular formula is C6H9N3O. The Morgan fingerprint density at radius 2 is 2.40 bits per heavy atom. The van der Waals surface area contributed by atoms with E-state index in [9.17, 15) is 0 Å². The maximum atomic E-state index is 5.40. The van der Waals surface area contributed by atoms with Crippen LogP contribution in [-0.4, -0.2) is 5.84 Å². The number of nitrogens with two attached hydrogens (primary N) is 2. The summed E-state index contributed by atoms with van der Waals surface area (Å²) in [7, 11) is 0. The Bertz CT molecular complexity index is 251. The van der Waals surface area contributed by atoms with Gasteiger partial charge in [0.25, 0.3) is 0 Å². The molecule has 10 heavy (non-hydrogen) atoms. The van der Waals surface area contributed by atoms with Gasteiger partial charge in [0.1, 0.15) is 5.76 Å². The largest absolute Gasteiger partial charge is 0.469 e. The van der Waals surface area contributed by atoms with Crippen LogP contribution in [0.1, 0.15) is 11.3 Å². The van der Waals surface area contributed by atoms with Gasteiger partial charge in [0.15, 0.2) is 5.84 Å². The summed E-state index contributed by atoms with van der Waals surface area (Å²) in [5.41, 5.74) is 6.16. The third kappa shape index (κ3) is 0.953. The van der Waals surface area contributed by atoms with E-state index in [4.69, 9.17) is 16.0 Å². The van der Waals surface area contributed by atoms with Gasteiger partial charge in [-0.15, -0.1) is 0 Å². The minimum atomic E-state index is 0.297. The van der Waals surface area contributed by atoms with Crippen molar-refractivity contribution < 1.29 is 4.42 Å². The van der Waals surface area contributed by atoms with E-state index in [0.717, 1.165) is 11.3 Å². The molecule has 0 amide bonds. The average molecular weight is 139 g/mol. The summed E-state index contributed by atoms with van der Waals surface area (Å²) in [6.45, 7) is 1.80. The normalized spacial score (nSPS) is 11.9. The van der Waals surface area contributed by atoms with E-state index in [1.807, 2.05) is 0 Å². The molecule has 0 aliphatic heterocycles. The van der Waals surface area contributed by atoms with Crippen molar-refractivity contribution in [1.82, 2.24) is 0 Å². The minimum absolute atomic E-state index is 0.297. The Kier molecular flexibility index (Phi) is 1.62. The molecule has 0 unspecified atom stereocenters. The highest BCUT2D eigenvalue weighted by Crippen LogP contribution is 2.06. The van der Waals surface area contributed by atoms with Gasteiger partial charge in [-0.2, -0.15) is 5.10 Å². The number of hydrazone groups is 1. The molecule has 1 rings (SSSR count). The van der Waals surface area contributed by atoms with E-state index in [1.165, 1.54) is 0 Å². The molecule has 4 nitrogen and oxygen atoms in total. The van der Waals surface area contributed by atoms with Crippen molar-refractivity contribution in [3.63, 3.8) is 0 Å². The Morgan fingerprint density at radius 1 is 1.70 bits per heavy atom. The van der Waals surface area contributed by atoms with Gasteiger partial charge in [0.05, 0.1) is 11.8 Å². The summed E-state index contributed by atoms with van der Waals surface area (Å²) in [6, 6.07) is 1.72. The highest BCUT2D eigenvalue weighted by molar-refractivity contribution is 5.97. The van der Waals surface area contributed by atoms with Crippen LogP contribution in [0, 0.1) is 6.92 Å². The van der Waals surface area contributed by atoms with E-state index in [2.05, 4.69) is 5.10 Å². The average Bonchev–Trinajstić information content (AvgIpc) is 2.34. The molecule has 0 spiro atoms. The maximum absolute atomic E-state index is 5.40. The number of rotatable bonds is 1. The highest BCUT2D eigenvalue weighted by Gasteiger charge is 2.03. The van der Waals surface area contributed by atoms with Gasteiger partial charge in [-0.25, -0.2) is 0 Å². The van der Waals surface area contributed by atoms with Crippen molar-refractivity contribution in [1.29, 1.82) is 0 Å². The molecule has 0 radical (unpaired) electrons. The van der Waals surface area contributed by atoms with E-state index in [0.29, 0.717) is 5.84 Å². The standard InChI is InChI=1S/C6H9N3O/c1-4-5(2-3-10-4)6(7)9-8/h2-3H,8H2,1H3,(H2,7,9). The van der Waals surface area contributed by atoms with E-state index in [-0.39, 0.29) is 0 Å². The van der Waals surface area contributed by atoms with Gasteiger partial charge < -0.3 is 16.0 Å². The number of amidine groups is 1. The van der Waals surface area contributed by atoms with Crippen molar-refractivity contribution in [2.24, 2.45) is 16.7 Å². The Labute approximate surface area is 58.5 Å². The second kappa shape index (κ2) is 2.43. The highest BCUT2D eigenvalue weighted by atomic mass is 16.3. The molecule has 0 aliphatic rings. The molecule has 0 saturated carbocycles. The first kappa shape index (κ1) is 6.67. The molecule has 0 atom stereocenters. The lowest BCUT2D eigenvalue weighted by molar-refractivity contribution is 0.533. The molecule has 1 heterocycles. The van der Waals surface area contributed by atoms with Gasteiger partial charge in [-0.1, -0.05) is 0 Å². The molecule has 0 fully saturated rings. The van der Waals surface area contributed by atoms with Crippen LogP contribution in [0.3, 0.4) is 0 Å². The number of nitrogens with zero attached hydrogens (tertiary/aromatic N) is 1. The number of furan rings is 1. The fourth-order valence-corrected chi connectivity index (χ4v) is 0.720. The van der Waals surface area contributed by atoms with Crippen LogP contribution in [-0.2, 0) is 0 Å². The zero-order valence-corrected chi connectivity index (χ0v) is 5.66. The van der Waals surface area contributed by atoms with Gasteiger partial charge in [-0.05, 0) is 13.0 Å². The summed E-state index contributed by atoms with van der Waals surface area (Å²) in [5.74, 6) is 5.98. The quantitative estimate of drug-likeness (QED) is 0.252. The topological polar surface area (TPSA) is 77.5 Å². The zero-order chi connectivity index (χ0) is 7.56. The van der Waals surface area contributed by atoms with Crippen LogP contribution < -0.4 is 11.6 Å². The molecule has 54 valence electrons. The summed E-state index contributed by atoms with van der Waals surface area (Å²) in [6.07, 6.45) is 1.54. The van der Waals surface area contributed by atoms with Gasteiger partial charge in [-0.3, -0.25) is 0 Å². The second-order valence-corrected chi connectivity index (χ2v) is 1.90. The van der Waals surface area contributed by atoms with Gasteiger partial charge >= 0.3 is 0 Å². The van der Waals surface area contributed by atoms with Crippen LogP contribution in [0.15, 0.2) is 21.8 Å². The predicted molar refractivity (Wildman–Crippen MR) is 38.4 cm³/mol. The first-order valence-electron chi connectivity index (χ1n) is 2.83. The lowest BCUT2D eigenvalue weighted by Gasteiger charge is -1.92. The molecule has 0 bridgehead atoms. The monoisotopic (exact) mass is 139 g/mol. The maximum Gasteiger partial charge on any atom is 0.153 e. The SMILES string of the molecule is Cc1occc1/C(N)=N/N. The van der Waals surface area contributed by atoms with Gasteiger partial charge in [0, 0.05) is 0 Å². The van der Waals surface area contributed by atoms with Crippen LogP contribution in [0.5, 0.6) is 0 Å². The van der Waals surface area contributed by atoms with Crippen LogP contribution >= 0.6 is 0 Å². The van der Waals surface area contributed by atoms with E-state index in [1.54, 1.807) is 19.3 Å². The number of aryl methyl sites for hydroxylation is 1. The van der Waals surface area contributed by atoms with Crippen molar-refractivity contribution in [3.05, 3.63) is 23.7 Å². The van der Waals surface area contributed by atoms with Crippen molar-refractivity contribution >= 4 is 5.84 Å². The number of hydrogen-bond acceptors (Lipinski definition) is 3. The molecule has 0 aromatic carbocycles. The molecule has 4 N–H and O–H groups in total. The minimum Gasteiger partial charge on any atom is -0.469 e. The fraction of sp³-hybridized carbons (Fsp3) is 0.167. The summed E-state index contributed by atoms with van der Waals surface area (Å²) < 4.78 is 4.97. The lowest BCUT2D eigenvalue weighted by Crippen LogP contribution is -2.15. The Hall–Kier alpha value is -1.45. The third-order valence-corrected chi connectivity index (χ3v) is 1.27. The van der Waals surface area contributed by atoms with E-state index >= 15 is 0 Å². The number of hydrogen-bond donors (Lipinski definition) is 2. The van der Waals surface area contributed by atoms with Crippen molar-refractivity contribution in [3.8, 4) is 0 Å². The fourth-order valence-electron chi connectivity index (χ4n) is 0.720. The van der Waals surface area contributed by atoms with E-state index < -0.39 is 0 Å². The lowest BCUT2D eigenvalue weighted by atomic mass is 10.2. The predicted octanol–water partition coefficient (Wildman–Crippen LogP) is 0.167. The molecule has 1 aromatic rings. The molecule has 4 heteroatoms. The van der Waals surface area contributed by atoms with Crippen LogP contribution in [0.4, 0.5) is 0 Å². The summed E-state index contributed by atoms with van der Waals surface area (Å²) in [5, 5.41) is 3.33. The molecule has 0 saturated heterocycles. The van der Waals surface area contributed by atoms with Gasteiger partial charge in [0.2, 0.25) is 0 Å².